The van der Waals surface area contributed by atoms with Crippen LogP contribution in [0.1, 0.15) is 22.2 Å². The monoisotopic (exact) mass is 386 g/mol. The number of amides is 1. The highest BCUT2D eigenvalue weighted by Crippen LogP contribution is 2.28. The fourth-order valence-corrected chi connectivity index (χ4v) is 3.46. The molecule has 1 aliphatic heterocycles. The molecule has 1 N–H and O–H groups in total. The molecule has 0 radical (unpaired) electrons. The number of nitrogens with zero attached hydrogens (tertiary/aromatic N) is 3. The maximum atomic E-state index is 13.1. The van der Waals surface area contributed by atoms with Crippen molar-refractivity contribution in [3.05, 3.63) is 47.0 Å². The smallest absolute Gasteiger partial charge is 0.256 e. The molecule has 1 atom stereocenters. The molecule has 0 saturated carbocycles. The topological polar surface area (TPSA) is 50.2 Å². The Kier molecular flexibility index (Phi) is 6.57. The van der Waals surface area contributed by atoms with E-state index < -0.39 is 0 Å². The number of hydrogen-bond acceptors (Lipinski definition) is 4. The minimum atomic E-state index is -0.0924. The molecule has 1 aromatic heterocycles. The molecule has 1 fully saturated rings. The number of carbonyl (C=O) groups is 1. The number of rotatable bonds is 3. The van der Waals surface area contributed by atoms with Crippen LogP contribution in [0.2, 0.25) is 5.02 Å². The maximum Gasteiger partial charge on any atom is 0.256 e. The van der Waals surface area contributed by atoms with Gasteiger partial charge >= 0.3 is 0 Å². The van der Waals surface area contributed by atoms with Gasteiger partial charge in [0.15, 0.2) is 0 Å². The number of piperazine rings is 1. The van der Waals surface area contributed by atoms with Crippen molar-refractivity contribution in [2.75, 3.05) is 25.9 Å². The van der Waals surface area contributed by atoms with Crippen LogP contribution < -0.4 is 5.32 Å². The molecule has 130 valence electrons. The van der Waals surface area contributed by atoms with Crippen molar-refractivity contribution < 1.29 is 4.79 Å². The summed E-state index contributed by atoms with van der Waals surface area (Å²) in [5.41, 5.74) is 0.555. The number of carbonyl (C=O) groups excluding carboxylic acids is 1. The third-order valence-electron chi connectivity index (χ3n) is 4.06. The molecule has 0 bridgehead atoms. The van der Waals surface area contributed by atoms with E-state index in [2.05, 4.69) is 10.3 Å². The Labute approximate surface area is 157 Å². The first-order valence-corrected chi connectivity index (χ1v) is 9.04. The first-order valence-electron chi connectivity index (χ1n) is 7.44. The average molecular weight is 387 g/mol. The SMILES string of the molecule is CSc1ccc(Cl)c(C(=O)N2CCNCC2c2nccn2C)c1.Cl. The second-order valence-corrected chi connectivity index (χ2v) is 6.75. The zero-order valence-corrected chi connectivity index (χ0v) is 15.9. The van der Waals surface area contributed by atoms with Crippen LogP contribution in [-0.4, -0.2) is 46.2 Å². The van der Waals surface area contributed by atoms with E-state index in [0.717, 1.165) is 17.3 Å². The lowest BCUT2D eigenvalue weighted by atomic mass is 10.1. The summed E-state index contributed by atoms with van der Waals surface area (Å²) >= 11 is 7.88. The Balaban J connectivity index is 0.00000208. The van der Waals surface area contributed by atoms with Gasteiger partial charge in [-0.05, 0) is 24.5 Å². The van der Waals surface area contributed by atoms with Crippen molar-refractivity contribution in [2.45, 2.75) is 10.9 Å². The number of imidazole rings is 1. The van der Waals surface area contributed by atoms with E-state index in [1.807, 2.05) is 41.1 Å². The minimum absolute atomic E-state index is 0. The normalized spacial score (nSPS) is 17.5. The lowest BCUT2D eigenvalue weighted by molar-refractivity contribution is 0.0621. The molecule has 1 aromatic carbocycles. The van der Waals surface area contributed by atoms with Gasteiger partial charge in [0.05, 0.1) is 10.6 Å². The fourth-order valence-electron chi connectivity index (χ4n) is 2.83. The molecule has 8 heteroatoms. The van der Waals surface area contributed by atoms with Crippen LogP contribution >= 0.6 is 35.8 Å². The summed E-state index contributed by atoms with van der Waals surface area (Å²) in [6.07, 6.45) is 5.64. The summed E-state index contributed by atoms with van der Waals surface area (Å²) in [5, 5.41) is 3.83. The van der Waals surface area contributed by atoms with E-state index in [1.165, 1.54) is 0 Å². The third kappa shape index (κ3) is 3.72. The zero-order chi connectivity index (χ0) is 16.4. The molecule has 2 aromatic rings. The van der Waals surface area contributed by atoms with Crippen LogP contribution in [0.15, 0.2) is 35.5 Å². The summed E-state index contributed by atoms with van der Waals surface area (Å²) in [6, 6.07) is 5.49. The Morgan fingerprint density at radius 3 is 2.92 bits per heavy atom. The zero-order valence-electron chi connectivity index (χ0n) is 13.5. The van der Waals surface area contributed by atoms with E-state index >= 15 is 0 Å². The van der Waals surface area contributed by atoms with Crippen LogP contribution in [0.4, 0.5) is 0 Å². The second-order valence-electron chi connectivity index (χ2n) is 5.46. The molecule has 1 unspecified atom stereocenters. The predicted octanol–water partition coefficient (Wildman–Crippen LogP) is 3.00. The van der Waals surface area contributed by atoms with Gasteiger partial charge in [0.1, 0.15) is 11.9 Å². The summed E-state index contributed by atoms with van der Waals surface area (Å²) in [4.78, 5) is 20.4. The highest BCUT2D eigenvalue weighted by Gasteiger charge is 2.31. The number of aryl methyl sites for hydroxylation is 1. The average Bonchev–Trinajstić information content (AvgIpc) is 3.00. The van der Waals surface area contributed by atoms with Crippen molar-refractivity contribution in [3.8, 4) is 0 Å². The highest BCUT2D eigenvalue weighted by molar-refractivity contribution is 7.98. The Bertz CT molecular complexity index is 722. The highest BCUT2D eigenvalue weighted by atomic mass is 35.5. The molecule has 0 spiro atoms. The summed E-state index contributed by atoms with van der Waals surface area (Å²) in [7, 11) is 1.95. The maximum absolute atomic E-state index is 13.1. The van der Waals surface area contributed by atoms with Gasteiger partial charge in [-0.1, -0.05) is 11.6 Å². The first-order chi connectivity index (χ1) is 11.1. The van der Waals surface area contributed by atoms with E-state index in [0.29, 0.717) is 23.7 Å². The van der Waals surface area contributed by atoms with E-state index in [4.69, 9.17) is 11.6 Å². The quantitative estimate of drug-likeness (QED) is 0.823. The summed E-state index contributed by atoms with van der Waals surface area (Å²) < 4.78 is 1.96. The third-order valence-corrected chi connectivity index (χ3v) is 5.12. The molecule has 1 amide bonds. The van der Waals surface area contributed by atoms with Gasteiger partial charge in [-0.25, -0.2) is 4.98 Å². The Hall–Kier alpha value is -1.21. The molecule has 1 saturated heterocycles. The first kappa shape index (κ1) is 19.1. The van der Waals surface area contributed by atoms with Gasteiger partial charge < -0.3 is 14.8 Å². The van der Waals surface area contributed by atoms with Crippen LogP contribution in [0.5, 0.6) is 0 Å². The lowest BCUT2D eigenvalue weighted by Gasteiger charge is -2.36. The number of halogens is 2. The van der Waals surface area contributed by atoms with Crippen molar-refractivity contribution in [1.82, 2.24) is 19.8 Å². The van der Waals surface area contributed by atoms with Crippen LogP contribution in [0, 0.1) is 0 Å². The Morgan fingerprint density at radius 2 is 2.25 bits per heavy atom. The van der Waals surface area contributed by atoms with Crippen LogP contribution in [0.3, 0.4) is 0 Å². The second kappa shape index (κ2) is 8.25. The summed E-state index contributed by atoms with van der Waals surface area (Å²) in [5.74, 6) is 0.836. The van der Waals surface area contributed by atoms with Crippen molar-refractivity contribution in [2.24, 2.45) is 7.05 Å². The molecular weight excluding hydrogens is 367 g/mol. The van der Waals surface area contributed by atoms with Gasteiger partial charge in [-0.15, -0.1) is 24.2 Å². The molecule has 3 rings (SSSR count). The number of nitrogens with one attached hydrogen (secondary N) is 1. The van der Waals surface area contributed by atoms with Gasteiger partial charge in [0, 0.05) is 44.0 Å². The van der Waals surface area contributed by atoms with E-state index in [9.17, 15) is 4.79 Å². The molecular formula is C16H20Cl2N4OS. The number of thioether (sulfide) groups is 1. The van der Waals surface area contributed by atoms with Crippen LogP contribution in [0.25, 0.3) is 0 Å². The standard InChI is InChI=1S/C16H19ClN4OS.ClH/c1-20-7-6-19-15(20)14-10-18-5-8-21(14)16(22)12-9-11(23-2)3-4-13(12)17;/h3-4,6-7,9,14,18H,5,8,10H2,1-2H3;1H. The van der Waals surface area contributed by atoms with Crippen LogP contribution in [-0.2, 0) is 7.05 Å². The largest absolute Gasteiger partial charge is 0.336 e. The van der Waals surface area contributed by atoms with E-state index in [1.54, 1.807) is 24.0 Å². The van der Waals surface area contributed by atoms with Gasteiger partial charge in [-0.2, -0.15) is 0 Å². The summed E-state index contributed by atoms with van der Waals surface area (Å²) in [6.45, 7) is 2.10. The lowest BCUT2D eigenvalue weighted by Crippen LogP contribution is -2.49. The van der Waals surface area contributed by atoms with Gasteiger partial charge in [0.25, 0.3) is 5.91 Å². The van der Waals surface area contributed by atoms with Crippen molar-refractivity contribution in [3.63, 3.8) is 0 Å². The Morgan fingerprint density at radius 1 is 1.46 bits per heavy atom. The van der Waals surface area contributed by atoms with Crippen molar-refractivity contribution in [1.29, 1.82) is 0 Å². The predicted molar refractivity (Wildman–Crippen MR) is 100 cm³/mol. The molecule has 2 heterocycles. The number of benzene rings is 1. The van der Waals surface area contributed by atoms with Gasteiger partial charge in [0.2, 0.25) is 0 Å². The molecule has 1 aliphatic rings. The number of aromatic nitrogens is 2. The molecule has 5 nitrogen and oxygen atoms in total. The molecule has 0 aliphatic carbocycles. The van der Waals surface area contributed by atoms with E-state index in [-0.39, 0.29) is 24.4 Å². The number of hydrogen-bond donors (Lipinski definition) is 1. The minimum Gasteiger partial charge on any atom is -0.336 e. The van der Waals surface area contributed by atoms with Gasteiger partial charge in [-0.3, -0.25) is 4.79 Å². The van der Waals surface area contributed by atoms with Crippen molar-refractivity contribution >= 4 is 41.7 Å². The fraction of sp³-hybridized carbons (Fsp3) is 0.375. The molecule has 24 heavy (non-hydrogen) atoms.